The number of fused-ring (bicyclic) bond motifs is 3. The molecule has 0 radical (unpaired) electrons. The van der Waals surface area contributed by atoms with Gasteiger partial charge in [0.1, 0.15) is 20.2 Å². The average Bonchev–Trinajstić information content (AvgIpc) is 2.63. The zero-order valence-corrected chi connectivity index (χ0v) is 18.9. The third-order valence-electron chi connectivity index (χ3n) is 6.59. The lowest BCUT2D eigenvalue weighted by Gasteiger charge is -2.56. The molecule has 0 aromatic heterocycles. The first-order valence-corrected chi connectivity index (χ1v) is 13.4. The van der Waals surface area contributed by atoms with Crippen molar-refractivity contribution in [3.05, 3.63) is 34.9 Å². The van der Waals surface area contributed by atoms with Gasteiger partial charge >= 0.3 is 0 Å². The smallest absolute Gasteiger partial charge is 0.196 e. The number of nitriles is 2. The minimum absolute atomic E-state index is 0.0440. The number of rotatable bonds is 0. The van der Waals surface area contributed by atoms with Crippen molar-refractivity contribution < 1.29 is 9.59 Å². The Kier molecular flexibility index (Phi) is 4.65. The van der Waals surface area contributed by atoms with E-state index < -0.39 is 24.3 Å². The quantitative estimate of drug-likeness (QED) is 0.447. The monoisotopic (exact) mass is 402 g/mol. The van der Waals surface area contributed by atoms with Crippen LogP contribution in [-0.4, -0.2) is 19.6 Å². The van der Waals surface area contributed by atoms with Gasteiger partial charge in [-0.15, -0.1) is 5.54 Å². The maximum Gasteiger partial charge on any atom is 0.196 e. The van der Waals surface area contributed by atoms with Crippen LogP contribution >= 0.6 is 0 Å². The largest absolute Gasteiger partial charge is 0.293 e. The second-order valence-corrected chi connectivity index (χ2v) is 14.9. The second kappa shape index (κ2) is 6.41. The lowest BCUT2D eigenvalue weighted by Crippen LogP contribution is -2.53. The molecule has 0 amide bonds. The van der Waals surface area contributed by atoms with E-state index in [2.05, 4.69) is 37.2 Å². The molecule has 3 aliphatic rings. The maximum atomic E-state index is 12.9. The number of carbonyl (C=O) groups excluding carboxylic acids is 2. The number of nitrogens with zero attached hydrogens (tertiary/aromatic N) is 2. The Bertz CT molecular complexity index is 1060. The van der Waals surface area contributed by atoms with Crippen LogP contribution in [0, 0.1) is 56.3 Å². The first-order valence-electron chi connectivity index (χ1n) is 9.93. The van der Waals surface area contributed by atoms with Crippen LogP contribution in [0.2, 0.25) is 19.6 Å². The molecule has 1 fully saturated rings. The van der Waals surface area contributed by atoms with Gasteiger partial charge in [-0.05, 0) is 36.5 Å². The van der Waals surface area contributed by atoms with E-state index in [1.807, 2.05) is 26.8 Å². The van der Waals surface area contributed by atoms with Crippen LogP contribution in [0.3, 0.4) is 0 Å². The Hall–Kier alpha value is -2.68. The van der Waals surface area contributed by atoms with Crippen LogP contribution in [0.4, 0.5) is 0 Å². The standard InChI is InChI=1S/C24H26N2O2Si/c1-22(2)19-7-8-24(9-10-29(4,5)6)13-16(14-25)18(27)11-20(24)23(19,3)12-17(15-26)21(22)28/h11-13,19H,7-8H2,1-6H3/t19?,23-,24+/m1/s1. The molecule has 0 N–H and O–H groups in total. The average molecular weight is 403 g/mol. The molecule has 0 aromatic rings. The molecule has 3 atom stereocenters. The van der Waals surface area contributed by atoms with Crippen molar-refractivity contribution >= 4 is 19.6 Å². The minimum Gasteiger partial charge on any atom is -0.293 e. The van der Waals surface area contributed by atoms with Gasteiger partial charge in [0.15, 0.2) is 11.6 Å². The van der Waals surface area contributed by atoms with Crippen LogP contribution in [0.1, 0.15) is 33.6 Å². The number of hydrogen-bond acceptors (Lipinski definition) is 4. The summed E-state index contributed by atoms with van der Waals surface area (Å²) in [6.45, 7) is 12.3. The topological polar surface area (TPSA) is 81.7 Å². The van der Waals surface area contributed by atoms with E-state index >= 15 is 0 Å². The zero-order chi connectivity index (χ0) is 21.8. The number of allylic oxidation sites excluding steroid dienone is 6. The number of carbonyl (C=O) groups is 2. The molecule has 3 aliphatic carbocycles. The lowest BCUT2D eigenvalue weighted by molar-refractivity contribution is -0.130. The molecular weight excluding hydrogens is 376 g/mol. The summed E-state index contributed by atoms with van der Waals surface area (Å²) >= 11 is 0. The summed E-state index contributed by atoms with van der Waals surface area (Å²) in [4.78, 5) is 25.5. The van der Waals surface area contributed by atoms with Gasteiger partial charge in [-0.25, -0.2) is 0 Å². The molecule has 1 saturated carbocycles. The molecule has 3 rings (SSSR count). The summed E-state index contributed by atoms with van der Waals surface area (Å²) in [6, 6.07) is 4.09. The zero-order valence-electron chi connectivity index (χ0n) is 17.9. The molecule has 29 heavy (non-hydrogen) atoms. The highest BCUT2D eigenvalue weighted by molar-refractivity contribution is 6.83. The summed E-state index contributed by atoms with van der Waals surface area (Å²) in [5.41, 5.74) is 2.45. The summed E-state index contributed by atoms with van der Waals surface area (Å²) in [5, 5.41) is 19.1. The molecule has 0 spiro atoms. The molecular formula is C24H26N2O2Si. The molecule has 1 unspecified atom stereocenters. The SMILES string of the molecule is CC1(C)C(=O)C(C#N)=C[C@@]2(C)C3=CC(=O)C(C#N)=C[C@@]3(C#C[Si](C)(C)C)CCC12. The molecule has 4 nitrogen and oxygen atoms in total. The molecule has 0 saturated heterocycles. The molecule has 0 aromatic carbocycles. The van der Waals surface area contributed by atoms with Crippen LogP contribution in [0.25, 0.3) is 0 Å². The fourth-order valence-corrected chi connectivity index (χ4v) is 5.83. The highest BCUT2D eigenvalue weighted by Gasteiger charge is 2.59. The summed E-state index contributed by atoms with van der Waals surface area (Å²) in [5.74, 6) is 2.95. The van der Waals surface area contributed by atoms with Crippen molar-refractivity contribution in [1.29, 1.82) is 10.5 Å². The van der Waals surface area contributed by atoms with Gasteiger partial charge in [0.05, 0.1) is 16.6 Å². The number of hydrogen-bond donors (Lipinski definition) is 0. The van der Waals surface area contributed by atoms with Gasteiger partial charge in [-0.2, -0.15) is 10.5 Å². The normalized spacial score (nSPS) is 32.8. The number of ketones is 2. The second-order valence-electron chi connectivity index (χ2n) is 10.2. The third kappa shape index (κ3) is 3.13. The lowest BCUT2D eigenvalue weighted by atomic mass is 9.45. The van der Waals surface area contributed by atoms with Crippen LogP contribution < -0.4 is 0 Å². The van der Waals surface area contributed by atoms with Gasteiger partial charge < -0.3 is 0 Å². The van der Waals surface area contributed by atoms with E-state index in [0.29, 0.717) is 6.42 Å². The Labute approximate surface area is 174 Å². The van der Waals surface area contributed by atoms with Crippen LogP contribution in [-0.2, 0) is 9.59 Å². The highest BCUT2D eigenvalue weighted by Crippen LogP contribution is 2.63. The Morgan fingerprint density at radius 1 is 1.03 bits per heavy atom. The predicted octanol–water partition coefficient (Wildman–Crippen LogP) is 4.29. The minimum atomic E-state index is -1.71. The van der Waals surface area contributed by atoms with Gasteiger partial charge in [-0.3, -0.25) is 9.59 Å². The number of Topliss-reactive ketones (excluding diaryl/α,β-unsaturated/α-hetero) is 1. The fraction of sp³-hybridized carbons (Fsp3) is 0.500. The van der Waals surface area contributed by atoms with Gasteiger partial charge in [0.25, 0.3) is 0 Å². The first-order chi connectivity index (χ1) is 13.3. The highest BCUT2D eigenvalue weighted by atomic mass is 28.3. The van der Waals surface area contributed by atoms with Gasteiger partial charge in [-0.1, -0.05) is 52.4 Å². The summed E-state index contributed by atoms with van der Waals surface area (Å²) in [6.07, 6.45) is 6.43. The van der Waals surface area contributed by atoms with E-state index in [1.54, 1.807) is 18.2 Å². The van der Waals surface area contributed by atoms with E-state index in [0.717, 1.165) is 12.0 Å². The van der Waals surface area contributed by atoms with Crippen molar-refractivity contribution in [2.75, 3.05) is 0 Å². The Morgan fingerprint density at radius 3 is 2.21 bits per heavy atom. The summed E-state index contributed by atoms with van der Waals surface area (Å²) in [7, 11) is -1.71. The van der Waals surface area contributed by atoms with Crippen molar-refractivity contribution in [2.24, 2.45) is 22.2 Å². The fourth-order valence-electron chi connectivity index (χ4n) is 5.23. The van der Waals surface area contributed by atoms with E-state index in [-0.39, 0.29) is 28.6 Å². The Balaban J connectivity index is 2.32. The van der Waals surface area contributed by atoms with Crippen LogP contribution in [0.5, 0.6) is 0 Å². The van der Waals surface area contributed by atoms with Crippen molar-refractivity contribution in [1.82, 2.24) is 0 Å². The van der Waals surface area contributed by atoms with Crippen molar-refractivity contribution in [3.8, 4) is 23.6 Å². The van der Waals surface area contributed by atoms with Crippen LogP contribution in [0.15, 0.2) is 34.9 Å². The molecule has 0 aliphatic heterocycles. The maximum absolute atomic E-state index is 12.9. The van der Waals surface area contributed by atoms with E-state index in [1.165, 1.54) is 0 Å². The molecule has 5 heteroatoms. The van der Waals surface area contributed by atoms with E-state index in [4.69, 9.17) is 0 Å². The summed E-state index contributed by atoms with van der Waals surface area (Å²) < 4.78 is 0. The Morgan fingerprint density at radius 2 is 1.66 bits per heavy atom. The van der Waals surface area contributed by atoms with Crippen molar-refractivity contribution in [2.45, 2.75) is 53.3 Å². The molecule has 0 bridgehead atoms. The van der Waals surface area contributed by atoms with Gasteiger partial charge in [0.2, 0.25) is 0 Å². The van der Waals surface area contributed by atoms with E-state index in [9.17, 15) is 20.1 Å². The first kappa shape index (κ1) is 21.0. The predicted molar refractivity (Wildman–Crippen MR) is 114 cm³/mol. The molecule has 148 valence electrons. The third-order valence-corrected chi connectivity index (χ3v) is 7.47. The molecule has 0 heterocycles. The van der Waals surface area contributed by atoms with Crippen molar-refractivity contribution in [3.63, 3.8) is 0 Å². The van der Waals surface area contributed by atoms with Gasteiger partial charge in [0, 0.05) is 10.8 Å².